The molecule has 0 atom stereocenters. The first-order chi connectivity index (χ1) is 21.6. The molecular weight excluding hydrogens is 603 g/mol. The van der Waals surface area contributed by atoms with Crippen LogP contribution >= 0.6 is 0 Å². The molecule has 13 heteroatoms. The molecule has 0 heterocycles. The van der Waals surface area contributed by atoms with Gasteiger partial charge in [0.25, 0.3) is 21.8 Å². The van der Waals surface area contributed by atoms with Crippen molar-refractivity contribution in [1.29, 1.82) is 0 Å². The molecule has 0 fully saturated rings. The molecule has 0 saturated heterocycles. The minimum atomic E-state index is -4.31. The minimum absolute atomic E-state index is 0.0634. The number of amides is 2. The molecule has 234 valence electrons. The van der Waals surface area contributed by atoms with Crippen molar-refractivity contribution in [2.45, 2.75) is 11.8 Å². The SMILES string of the molecule is COc1ccc(S(=O)(=O)N(CC(=O)N/N=C\c2ccc(OCC(=O)Nc3ccc(C)cc3)cc2)c2ccc(F)cc2)cc1OC. The third-order valence-electron chi connectivity index (χ3n) is 6.33. The lowest BCUT2D eigenvalue weighted by molar-refractivity contribution is -0.119. The summed E-state index contributed by atoms with van der Waals surface area (Å²) in [6.45, 7) is 1.11. The monoisotopic (exact) mass is 634 g/mol. The van der Waals surface area contributed by atoms with E-state index in [0.717, 1.165) is 22.0 Å². The summed E-state index contributed by atoms with van der Waals surface area (Å²) in [5.41, 5.74) is 4.72. The number of benzene rings is 4. The maximum absolute atomic E-state index is 13.6. The number of carbonyl (C=O) groups is 2. The van der Waals surface area contributed by atoms with E-state index < -0.39 is 28.3 Å². The number of carbonyl (C=O) groups excluding carboxylic acids is 2. The van der Waals surface area contributed by atoms with E-state index in [1.54, 1.807) is 36.4 Å². The molecule has 11 nitrogen and oxygen atoms in total. The van der Waals surface area contributed by atoms with Crippen LogP contribution < -0.4 is 29.3 Å². The molecule has 4 rings (SSSR count). The topological polar surface area (TPSA) is 136 Å². The van der Waals surface area contributed by atoms with Crippen LogP contribution in [0.2, 0.25) is 0 Å². The van der Waals surface area contributed by atoms with E-state index in [1.165, 1.54) is 50.8 Å². The molecule has 0 aromatic heterocycles. The lowest BCUT2D eigenvalue weighted by atomic mass is 10.2. The molecule has 0 bridgehead atoms. The van der Waals surface area contributed by atoms with Crippen LogP contribution in [0.15, 0.2) is 101 Å². The number of methoxy groups -OCH3 is 2. The molecule has 0 saturated carbocycles. The molecule has 0 radical (unpaired) electrons. The van der Waals surface area contributed by atoms with E-state index in [2.05, 4.69) is 15.8 Å². The summed E-state index contributed by atoms with van der Waals surface area (Å²) in [5.74, 6) is -0.688. The van der Waals surface area contributed by atoms with Crippen LogP contribution in [-0.2, 0) is 19.6 Å². The van der Waals surface area contributed by atoms with Crippen LogP contribution in [0.4, 0.5) is 15.8 Å². The third-order valence-corrected chi connectivity index (χ3v) is 8.10. The Morgan fingerprint density at radius 1 is 0.867 bits per heavy atom. The van der Waals surface area contributed by atoms with E-state index >= 15 is 0 Å². The van der Waals surface area contributed by atoms with Gasteiger partial charge >= 0.3 is 0 Å². The Morgan fingerprint density at radius 3 is 2.18 bits per heavy atom. The molecule has 0 spiro atoms. The molecule has 45 heavy (non-hydrogen) atoms. The van der Waals surface area contributed by atoms with Crippen molar-refractivity contribution < 1.29 is 36.6 Å². The van der Waals surface area contributed by atoms with Crippen molar-refractivity contribution in [3.05, 3.63) is 108 Å². The van der Waals surface area contributed by atoms with E-state index in [4.69, 9.17) is 14.2 Å². The first-order valence-corrected chi connectivity index (χ1v) is 14.9. The van der Waals surface area contributed by atoms with Gasteiger partial charge < -0.3 is 19.5 Å². The van der Waals surface area contributed by atoms with Gasteiger partial charge in [-0.05, 0) is 85.3 Å². The zero-order valence-corrected chi connectivity index (χ0v) is 25.5. The van der Waals surface area contributed by atoms with Crippen molar-refractivity contribution in [2.75, 3.05) is 37.0 Å². The maximum atomic E-state index is 13.6. The molecule has 4 aromatic carbocycles. The van der Waals surface area contributed by atoms with Gasteiger partial charge in [-0.1, -0.05) is 17.7 Å². The summed E-state index contributed by atoms with van der Waals surface area (Å²) in [5, 5.41) is 6.67. The predicted molar refractivity (Wildman–Crippen MR) is 168 cm³/mol. The number of nitrogens with one attached hydrogen (secondary N) is 2. The van der Waals surface area contributed by atoms with Crippen molar-refractivity contribution >= 4 is 39.4 Å². The Bertz CT molecular complexity index is 1760. The predicted octanol–water partition coefficient (Wildman–Crippen LogP) is 4.51. The average molecular weight is 635 g/mol. The molecule has 2 amide bonds. The summed E-state index contributed by atoms with van der Waals surface area (Å²) in [6.07, 6.45) is 1.36. The second-order valence-electron chi connectivity index (χ2n) is 9.57. The number of halogens is 1. The highest BCUT2D eigenvalue weighted by atomic mass is 32.2. The summed E-state index contributed by atoms with van der Waals surface area (Å²) in [4.78, 5) is 24.8. The second-order valence-corrected chi connectivity index (χ2v) is 11.4. The Hall–Kier alpha value is -5.43. The van der Waals surface area contributed by atoms with Crippen molar-refractivity contribution in [3.8, 4) is 17.2 Å². The standard InChI is InChI=1S/C32H31FN4O7S/c1-22-4-10-25(11-5-22)35-32(39)21-44-27-14-6-23(7-15-27)19-34-36-31(38)20-37(26-12-8-24(33)9-13-26)45(40,41)28-16-17-29(42-2)30(18-28)43-3/h4-19H,20-21H2,1-3H3,(H,35,39)(H,36,38)/b34-19-. The molecular formula is C32H31FN4O7S. The molecule has 0 unspecified atom stereocenters. The molecule has 0 aliphatic heterocycles. The Morgan fingerprint density at radius 2 is 1.53 bits per heavy atom. The highest BCUT2D eigenvalue weighted by Crippen LogP contribution is 2.32. The molecule has 0 aliphatic carbocycles. The summed E-state index contributed by atoms with van der Waals surface area (Å²) >= 11 is 0. The van der Waals surface area contributed by atoms with Gasteiger partial charge in [-0.3, -0.25) is 13.9 Å². The first-order valence-electron chi connectivity index (χ1n) is 13.5. The number of nitrogens with zero attached hydrogens (tertiary/aromatic N) is 2. The highest BCUT2D eigenvalue weighted by Gasteiger charge is 2.28. The summed E-state index contributed by atoms with van der Waals surface area (Å²) in [7, 11) is -1.53. The summed E-state index contributed by atoms with van der Waals surface area (Å²) in [6, 6.07) is 22.7. The zero-order chi connectivity index (χ0) is 32.4. The molecule has 4 aromatic rings. The van der Waals surface area contributed by atoms with Gasteiger partial charge in [0.05, 0.1) is 31.0 Å². The van der Waals surface area contributed by atoms with Gasteiger partial charge in [0.2, 0.25) is 0 Å². The number of rotatable bonds is 13. The molecule has 2 N–H and O–H groups in total. The van der Waals surface area contributed by atoms with E-state index in [1.807, 2.05) is 19.1 Å². The fourth-order valence-corrected chi connectivity index (χ4v) is 5.44. The number of anilines is 2. The lowest BCUT2D eigenvalue weighted by Gasteiger charge is -2.24. The Kier molecular flexibility index (Phi) is 10.7. The third kappa shape index (κ3) is 8.80. The van der Waals surface area contributed by atoms with E-state index in [9.17, 15) is 22.4 Å². The lowest BCUT2D eigenvalue weighted by Crippen LogP contribution is -2.39. The van der Waals surface area contributed by atoms with Gasteiger partial charge in [0.15, 0.2) is 18.1 Å². The van der Waals surface area contributed by atoms with Crippen molar-refractivity contribution in [1.82, 2.24) is 5.43 Å². The number of hydrazone groups is 1. The van der Waals surface area contributed by atoms with Crippen molar-refractivity contribution in [2.24, 2.45) is 5.10 Å². The number of hydrogen-bond donors (Lipinski definition) is 2. The van der Waals surface area contributed by atoms with Gasteiger partial charge in [0.1, 0.15) is 18.1 Å². The van der Waals surface area contributed by atoms with Crippen LogP contribution in [0.25, 0.3) is 0 Å². The van der Waals surface area contributed by atoms with Gasteiger partial charge in [-0.15, -0.1) is 0 Å². The minimum Gasteiger partial charge on any atom is -0.493 e. The van der Waals surface area contributed by atoms with Crippen LogP contribution in [0, 0.1) is 12.7 Å². The maximum Gasteiger partial charge on any atom is 0.264 e. The average Bonchev–Trinajstić information content (AvgIpc) is 3.04. The quantitative estimate of drug-likeness (QED) is 0.163. The van der Waals surface area contributed by atoms with E-state index in [-0.39, 0.29) is 28.8 Å². The first kappa shape index (κ1) is 32.5. The van der Waals surface area contributed by atoms with Crippen molar-refractivity contribution in [3.63, 3.8) is 0 Å². The normalized spacial score (nSPS) is 11.1. The number of hydrogen-bond acceptors (Lipinski definition) is 8. The van der Waals surface area contributed by atoms with Crippen LogP contribution in [0.5, 0.6) is 17.2 Å². The van der Waals surface area contributed by atoms with Gasteiger partial charge in [-0.25, -0.2) is 18.2 Å². The smallest absolute Gasteiger partial charge is 0.264 e. The zero-order valence-electron chi connectivity index (χ0n) is 24.7. The fraction of sp³-hybridized carbons (Fsp3) is 0.156. The number of aryl methyl sites for hydroxylation is 1. The summed E-state index contributed by atoms with van der Waals surface area (Å²) < 4.78 is 57.6. The Balaban J connectivity index is 1.38. The van der Waals surface area contributed by atoms with Gasteiger partial charge in [0, 0.05) is 11.8 Å². The van der Waals surface area contributed by atoms with Crippen LogP contribution in [0.1, 0.15) is 11.1 Å². The largest absolute Gasteiger partial charge is 0.493 e. The molecule has 0 aliphatic rings. The van der Waals surface area contributed by atoms with E-state index in [0.29, 0.717) is 22.7 Å². The second kappa shape index (κ2) is 14.8. The van der Waals surface area contributed by atoms with Crippen LogP contribution in [0.3, 0.4) is 0 Å². The Labute approximate surface area is 260 Å². The van der Waals surface area contributed by atoms with Gasteiger partial charge in [-0.2, -0.15) is 5.10 Å². The fourth-order valence-electron chi connectivity index (χ4n) is 4.00. The van der Waals surface area contributed by atoms with Crippen LogP contribution in [-0.4, -0.2) is 53.8 Å². The number of ether oxygens (including phenoxy) is 3. The number of sulfonamides is 1. The highest BCUT2D eigenvalue weighted by molar-refractivity contribution is 7.92.